The van der Waals surface area contributed by atoms with Crippen molar-refractivity contribution in [2.45, 2.75) is 38.1 Å². The van der Waals surface area contributed by atoms with Crippen LogP contribution in [-0.4, -0.2) is 39.7 Å². The maximum Gasteiger partial charge on any atom is 0.341 e. The average Bonchev–Trinajstić information content (AvgIpc) is 3.08. The van der Waals surface area contributed by atoms with E-state index in [1.54, 1.807) is 0 Å². The molecule has 2 aromatic carbocycles. The first-order valence-corrected chi connectivity index (χ1v) is 13.6. The molecule has 0 atom stereocenters. The Morgan fingerprint density at radius 2 is 1.82 bits per heavy atom. The first kappa shape index (κ1) is 24.5. The second-order valence-electron chi connectivity index (χ2n) is 7.80. The van der Waals surface area contributed by atoms with Gasteiger partial charge in [0.05, 0.1) is 17.7 Å². The van der Waals surface area contributed by atoms with Crippen LogP contribution in [0, 0.1) is 7.14 Å². The van der Waals surface area contributed by atoms with Gasteiger partial charge in [-0.25, -0.2) is 9.79 Å². The first-order valence-electron chi connectivity index (χ1n) is 10.6. The number of hydrogen-bond donors (Lipinski definition) is 1. The van der Waals surface area contributed by atoms with E-state index < -0.39 is 12.6 Å². The second-order valence-corrected chi connectivity index (χ2v) is 11.1. The number of carboxylic acid groups (broad SMARTS) is 1. The van der Waals surface area contributed by atoms with Crippen molar-refractivity contribution in [3.05, 3.63) is 60.1 Å². The summed E-state index contributed by atoms with van der Waals surface area (Å²) in [5.74, 6) is -0.479. The van der Waals surface area contributed by atoms with E-state index in [9.17, 15) is 9.59 Å². The predicted octanol–water partition coefficient (Wildman–Crippen LogP) is 6.30. The molecule has 2 aromatic rings. The predicted molar refractivity (Wildman–Crippen MR) is 148 cm³/mol. The molecule has 33 heavy (non-hydrogen) atoms. The first-order chi connectivity index (χ1) is 15.9. The Kier molecular flexibility index (Phi) is 8.34. The summed E-state index contributed by atoms with van der Waals surface area (Å²) in [5.41, 5.74) is 1.70. The maximum absolute atomic E-state index is 13.5. The zero-order valence-electron chi connectivity index (χ0n) is 17.7. The van der Waals surface area contributed by atoms with Crippen molar-refractivity contribution < 1.29 is 19.4 Å². The number of hydrogen-bond acceptors (Lipinski definition) is 5. The van der Waals surface area contributed by atoms with Crippen LogP contribution in [0.15, 0.2) is 52.4 Å². The minimum absolute atomic E-state index is 0.00204. The largest absolute Gasteiger partial charge is 0.480 e. The molecule has 1 amide bonds. The lowest BCUT2D eigenvalue weighted by atomic mass is 9.94. The van der Waals surface area contributed by atoms with E-state index in [2.05, 4.69) is 45.2 Å². The van der Waals surface area contributed by atoms with Crippen molar-refractivity contribution in [1.82, 2.24) is 4.90 Å². The molecule has 1 saturated carbocycles. The number of halogens is 2. The highest BCUT2D eigenvalue weighted by Gasteiger charge is 2.38. The molecule has 0 aromatic heterocycles. The number of rotatable bonds is 6. The Balaban J connectivity index is 1.65. The standard InChI is InChI=1S/C24H22I2N2O4S/c25-18-11-15(12-19(26)22(18)32-14-21(29)30)13-20-23(31)28(17-9-5-2-6-10-17)24(33-20)27-16-7-3-1-4-8-16/h1,3-4,7-8,11-13,17H,2,5-6,9-10,14H2,(H,29,30)/b20-13-,27-24?. The Morgan fingerprint density at radius 3 is 2.45 bits per heavy atom. The molecule has 1 heterocycles. The molecule has 9 heteroatoms. The number of amides is 1. The number of benzene rings is 2. The van der Waals surface area contributed by atoms with Crippen LogP contribution in [0.25, 0.3) is 6.08 Å². The molecule has 0 bridgehead atoms. The van der Waals surface area contributed by atoms with Crippen LogP contribution in [0.5, 0.6) is 5.75 Å². The Morgan fingerprint density at radius 1 is 1.15 bits per heavy atom. The van der Waals surface area contributed by atoms with Gasteiger partial charge >= 0.3 is 5.97 Å². The molecular formula is C24H22I2N2O4S. The van der Waals surface area contributed by atoms with Gasteiger partial charge in [0.15, 0.2) is 11.8 Å². The zero-order chi connectivity index (χ0) is 23.4. The number of carboxylic acids is 1. The highest BCUT2D eigenvalue weighted by atomic mass is 127. The number of amidine groups is 1. The van der Waals surface area contributed by atoms with E-state index in [4.69, 9.17) is 14.8 Å². The highest BCUT2D eigenvalue weighted by molar-refractivity contribution is 14.1. The van der Waals surface area contributed by atoms with Gasteiger partial charge in [0.25, 0.3) is 5.91 Å². The number of thioether (sulfide) groups is 1. The van der Waals surface area contributed by atoms with Crippen LogP contribution in [0.1, 0.15) is 37.7 Å². The van der Waals surface area contributed by atoms with Gasteiger partial charge in [0.2, 0.25) is 0 Å². The van der Waals surface area contributed by atoms with Crippen molar-refractivity contribution >= 4 is 85.8 Å². The molecule has 1 saturated heterocycles. The Bertz CT molecular complexity index is 1090. The highest BCUT2D eigenvalue weighted by Crippen LogP contribution is 2.39. The van der Waals surface area contributed by atoms with Gasteiger partial charge in [0, 0.05) is 6.04 Å². The lowest BCUT2D eigenvalue weighted by Crippen LogP contribution is -2.40. The summed E-state index contributed by atoms with van der Waals surface area (Å²) in [7, 11) is 0. The number of carbonyl (C=O) groups excluding carboxylic acids is 1. The van der Waals surface area contributed by atoms with E-state index >= 15 is 0 Å². The minimum atomic E-state index is -1.02. The monoisotopic (exact) mass is 688 g/mol. The van der Waals surface area contributed by atoms with Gasteiger partial charge in [-0.1, -0.05) is 37.5 Å². The molecule has 0 spiro atoms. The van der Waals surface area contributed by atoms with Crippen LogP contribution in [0.2, 0.25) is 0 Å². The molecule has 1 aliphatic heterocycles. The van der Waals surface area contributed by atoms with Crippen molar-refractivity contribution in [2.24, 2.45) is 4.99 Å². The quantitative estimate of drug-likeness (QED) is 0.285. The van der Waals surface area contributed by atoms with Crippen LogP contribution in [0.4, 0.5) is 5.69 Å². The SMILES string of the molecule is O=C(O)COc1c(I)cc(/C=C2\SC(=Nc3ccccc3)N(C3CCCCC3)C2=O)cc1I. The lowest BCUT2D eigenvalue weighted by molar-refractivity contribution is -0.139. The summed E-state index contributed by atoms with van der Waals surface area (Å²) in [4.78, 5) is 31.7. The van der Waals surface area contributed by atoms with Gasteiger partial charge in [-0.05, 0) is 106 Å². The topological polar surface area (TPSA) is 79.2 Å². The Hall–Kier alpha value is -1.60. The van der Waals surface area contributed by atoms with Crippen LogP contribution < -0.4 is 4.74 Å². The molecule has 1 N–H and O–H groups in total. The third-order valence-corrected chi connectivity index (χ3v) is 8.00. The summed E-state index contributed by atoms with van der Waals surface area (Å²) >= 11 is 5.68. The number of carbonyl (C=O) groups is 2. The summed E-state index contributed by atoms with van der Waals surface area (Å²) < 4.78 is 7.01. The fourth-order valence-electron chi connectivity index (χ4n) is 3.92. The number of para-hydroxylation sites is 1. The van der Waals surface area contributed by atoms with E-state index in [1.165, 1.54) is 18.2 Å². The van der Waals surface area contributed by atoms with Crippen LogP contribution >= 0.6 is 56.9 Å². The third-order valence-electron chi connectivity index (χ3n) is 5.42. The zero-order valence-corrected chi connectivity index (χ0v) is 22.8. The van der Waals surface area contributed by atoms with Crippen molar-refractivity contribution in [1.29, 1.82) is 0 Å². The molecule has 0 unspecified atom stereocenters. The molecule has 2 fully saturated rings. The second kappa shape index (κ2) is 11.2. The summed E-state index contributed by atoms with van der Waals surface area (Å²) in [6.45, 7) is -0.392. The molecule has 4 rings (SSSR count). The Labute approximate surface area is 224 Å². The van der Waals surface area contributed by atoms with E-state index in [-0.39, 0.29) is 11.9 Å². The smallest absolute Gasteiger partial charge is 0.341 e. The van der Waals surface area contributed by atoms with Crippen molar-refractivity contribution in [3.8, 4) is 5.75 Å². The van der Waals surface area contributed by atoms with E-state index in [1.807, 2.05) is 53.4 Å². The molecule has 172 valence electrons. The normalized spacial score (nSPS) is 19.5. The van der Waals surface area contributed by atoms with Crippen LogP contribution in [-0.2, 0) is 9.59 Å². The molecule has 6 nitrogen and oxygen atoms in total. The minimum Gasteiger partial charge on any atom is -0.480 e. The molecule has 1 aliphatic carbocycles. The van der Waals surface area contributed by atoms with Crippen molar-refractivity contribution in [2.75, 3.05) is 6.61 Å². The summed E-state index contributed by atoms with van der Waals surface area (Å²) in [6.07, 6.45) is 7.36. The van der Waals surface area contributed by atoms with Gasteiger partial charge in [-0.2, -0.15) is 0 Å². The van der Waals surface area contributed by atoms with Crippen molar-refractivity contribution in [3.63, 3.8) is 0 Å². The summed E-state index contributed by atoms with van der Waals surface area (Å²) in [5, 5.41) is 9.63. The number of aliphatic imine (C=N–C) groups is 1. The van der Waals surface area contributed by atoms with Gasteiger partial charge in [-0.3, -0.25) is 9.69 Å². The van der Waals surface area contributed by atoms with Gasteiger partial charge in [-0.15, -0.1) is 0 Å². The number of ether oxygens (including phenoxy) is 1. The molecular weight excluding hydrogens is 666 g/mol. The van der Waals surface area contributed by atoms with Gasteiger partial charge in [0.1, 0.15) is 5.75 Å². The lowest BCUT2D eigenvalue weighted by Gasteiger charge is -2.30. The average molecular weight is 688 g/mol. The number of nitrogens with zero attached hydrogens (tertiary/aromatic N) is 2. The van der Waals surface area contributed by atoms with Gasteiger partial charge < -0.3 is 9.84 Å². The third kappa shape index (κ3) is 6.10. The number of aliphatic carboxylic acids is 1. The fourth-order valence-corrected chi connectivity index (χ4v) is 7.11. The van der Waals surface area contributed by atoms with E-state index in [0.29, 0.717) is 10.7 Å². The summed E-state index contributed by atoms with van der Waals surface area (Å²) in [6, 6.07) is 13.7. The van der Waals surface area contributed by atoms with Crippen LogP contribution in [0.3, 0.4) is 0 Å². The molecule has 0 radical (unpaired) electrons. The molecule has 2 aliphatic rings. The fraction of sp³-hybridized carbons (Fsp3) is 0.292. The van der Waals surface area contributed by atoms with E-state index in [0.717, 1.165) is 49.2 Å². The maximum atomic E-state index is 13.5.